The molecule has 2 N–H and O–H groups in total. The number of methoxy groups -OCH3 is 1. The van der Waals surface area contributed by atoms with E-state index in [4.69, 9.17) is 10.5 Å². The fraction of sp³-hybridized carbons (Fsp3) is 0.500. The number of anilines is 1. The van der Waals surface area contributed by atoms with E-state index in [9.17, 15) is 4.79 Å². The molecular weight excluding hydrogens is 352 g/mol. The van der Waals surface area contributed by atoms with Crippen LogP contribution in [0.5, 0.6) is 5.75 Å². The van der Waals surface area contributed by atoms with Crippen LogP contribution < -0.4 is 10.5 Å². The van der Waals surface area contributed by atoms with E-state index in [0.717, 1.165) is 74.1 Å². The van der Waals surface area contributed by atoms with E-state index in [0.29, 0.717) is 0 Å². The molecule has 2 fully saturated rings. The number of likely N-dealkylation sites (tertiary alicyclic amines) is 1. The Morgan fingerprint density at radius 3 is 2.75 bits per heavy atom. The number of amides is 1. The van der Waals surface area contributed by atoms with Gasteiger partial charge in [-0.1, -0.05) is 25.0 Å². The topological polar surface area (TPSA) is 81.3 Å². The van der Waals surface area contributed by atoms with Crippen LogP contribution in [0.4, 0.5) is 5.95 Å². The van der Waals surface area contributed by atoms with E-state index in [1.807, 2.05) is 24.3 Å². The Labute approximate surface area is 166 Å². The summed E-state index contributed by atoms with van der Waals surface area (Å²) in [5, 5.41) is 0. The van der Waals surface area contributed by atoms with Gasteiger partial charge in [-0.3, -0.25) is 4.79 Å². The number of rotatable bonds is 4. The smallest absolute Gasteiger partial charge is 0.226 e. The number of hydrogen-bond acceptors (Lipinski definition) is 5. The number of aromatic nitrogens is 2. The van der Waals surface area contributed by atoms with Gasteiger partial charge in [0.15, 0.2) is 0 Å². The molecule has 1 aromatic carbocycles. The van der Waals surface area contributed by atoms with Crippen molar-refractivity contribution in [1.29, 1.82) is 0 Å². The largest absolute Gasteiger partial charge is 0.497 e. The Kier molecular flexibility index (Phi) is 5.46. The van der Waals surface area contributed by atoms with Gasteiger partial charge in [-0.2, -0.15) is 0 Å². The summed E-state index contributed by atoms with van der Waals surface area (Å²) >= 11 is 0. The van der Waals surface area contributed by atoms with Gasteiger partial charge in [-0.05, 0) is 49.8 Å². The first kappa shape index (κ1) is 18.7. The fourth-order valence-corrected chi connectivity index (χ4v) is 4.56. The van der Waals surface area contributed by atoms with Crippen LogP contribution in [0.1, 0.15) is 56.7 Å². The minimum Gasteiger partial charge on any atom is -0.497 e. The van der Waals surface area contributed by atoms with Crippen molar-refractivity contribution in [3.63, 3.8) is 0 Å². The average molecular weight is 380 g/mol. The third-order valence-corrected chi connectivity index (χ3v) is 6.02. The summed E-state index contributed by atoms with van der Waals surface area (Å²) < 4.78 is 5.38. The second kappa shape index (κ2) is 8.17. The summed E-state index contributed by atoms with van der Waals surface area (Å²) in [5.41, 5.74) is 8.72. The molecule has 1 aliphatic heterocycles. The van der Waals surface area contributed by atoms with Crippen LogP contribution in [0.25, 0.3) is 11.1 Å². The molecule has 4 rings (SSSR count). The lowest BCUT2D eigenvalue weighted by atomic mass is 9.92. The molecule has 6 nitrogen and oxygen atoms in total. The number of hydrogen-bond donors (Lipinski definition) is 1. The van der Waals surface area contributed by atoms with E-state index in [1.54, 1.807) is 13.3 Å². The summed E-state index contributed by atoms with van der Waals surface area (Å²) in [4.78, 5) is 24.2. The number of carbonyl (C=O) groups excluding carboxylic acids is 1. The van der Waals surface area contributed by atoms with Crippen molar-refractivity contribution in [2.45, 2.75) is 51.0 Å². The molecule has 28 heavy (non-hydrogen) atoms. The molecule has 2 aromatic rings. The highest BCUT2D eigenvalue weighted by atomic mass is 16.5. The zero-order chi connectivity index (χ0) is 19.5. The van der Waals surface area contributed by atoms with Gasteiger partial charge in [0, 0.05) is 24.2 Å². The molecule has 1 aromatic heterocycles. The van der Waals surface area contributed by atoms with E-state index >= 15 is 0 Å². The fourth-order valence-electron chi connectivity index (χ4n) is 4.56. The number of nitrogens with two attached hydrogens (primary N) is 1. The van der Waals surface area contributed by atoms with Crippen LogP contribution in [0, 0.1) is 5.92 Å². The highest BCUT2D eigenvalue weighted by Crippen LogP contribution is 2.39. The second-order valence-electron chi connectivity index (χ2n) is 7.78. The summed E-state index contributed by atoms with van der Waals surface area (Å²) in [6.45, 7) is 0.793. The first-order chi connectivity index (χ1) is 13.7. The van der Waals surface area contributed by atoms with E-state index < -0.39 is 0 Å². The number of nitrogen functional groups attached to an aromatic ring is 1. The van der Waals surface area contributed by atoms with Crippen LogP contribution in [0.15, 0.2) is 30.5 Å². The van der Waals surface area contributed by atoms with Crippen molar-refractivity contribution in [1.82, 2.24) is 14.9 Å². The Morgan fingerprint density at radius 1 is 1.18 bits per heavy atom. The van der Waals surface area contributed by atoms with Gasteiger partial charge in [-0.25, -0.2) is 9.97 Å². The van der Waals surface area contributed by atoms with Gasteiger partial charge in [0.1, 0.15) is 5.75 Å². The standard InChI is InChI=1S/C22H28N4O2/c1-28-17-10-6-9-16(13-17)18-14-24-22(23)25-20(18)19-11-4-5-12-26(19)21(27)15-7-2-3-8-15/h6,9-10,13-15,19H,2-5,7-8,11-12H2,1H3,(H2,23,24,25)/t19-/m1/s1. The lowest BCUT2D eigenvalue weighted by Gasteiger charge is -2.37. The normalized spacial score (nSPS) is 20.3. The lowest BCUT2D eigenvalue weighted by molar-refractivity contribution is -0.139. The van der Waals surface area contributed by atoms with Crippen LogP contribution in [-0.2, 0) is 4.79 Å². The predicted octanol–water partition coefficient (Wildman–Crippen LogP) is 3.98. The first-order valence-corrected chi connectivity index (χ1v) is 10.2. The molecule has 0 radical (unpaired) electrons. The second-order valence-corrected chi connectivity index (χ2v) is 7.78. The number of ether oxygens (including phenoxy) is 1. The first-order valence-electron chi connectivity index (χ1n) is 10.2. The van der Waals surface area contributed by atoms with Gasteiger partial charge in [0.2, 0.25) is 11.9 Å². The third kappa shape index (κ3) is 3.68. The Morgan fingerprint density at radius 2 is 1.96 bits per heavy atom. The van der Waals surface area contributed by atoms with Crippen molar-refractivity contribution < 1.29 is 9.53 Å². The number of carbonyl (C=O) groups is 1. The molecule has 148 valence electrons. The van der Waals surface area contributed by atoms with Crippen LogP contribution >= 0.6 is 0 Å². The van der Waals surface area contributed by atoms with Crippen molar-refractivity contribution in [2.24, 2.45) is 5.92 Å². The zero-order valence-electron chi connectivity index (χ0n) is 16.4. The maximum atomic E-state index is 13.2. The Bertz CT molecular complexity index is 848. The minimum atomic E-state index is -0.0478. The van der Waals surface area contributed by atoms with Crippen molar-refractivity contribution in [3.05, 3.63) is 36.2 Å². The highest BCUT2D eigenvalue weighted by Gasteiger charge is 2.35. The molecule has 2 heterocycles. The molecule has 2 aliphatic rings. The molecule has 1 aliphatic carbocycles. The maximum Gasteiger partial charge on any atom is 0.226 e. The Balaban J connectivity index is 1.73. The summed E-state index contributed by atoms with van der Waals surface area (Å²) in [6, 6.07) is 7.82. The monoisotopic (exact) mass is 380 g/mol. The SMILES string of the molecule is COc1cccc(-c2cnc(N)nc2[C@H]2CCCCN2C(=O)C2CCCC2)c1. The van der Waals surface area contributed by atoms with E-state index in [-0.39, 0.29) is 23.8 Å². The maximum absolute atomic E-state index is 13.2. The van der Waals surface area contributed by atoms with E-state index in [2.05, 4.69) is 14.9 Å². The van der Waals surface area contributed by atoms with Crippen LogP contribution in [-0.4, -0.2) is 34.4 Å². The van der Waals surface area contributed by atoms with Crippen molar-refractivity contribution >= 4 is 11.9 Å². The van der Waals surface area contributed by atoms with Crippen LogP contribution in [0.3, 0.4) is 0 Å². The number of benzene rings is 1. The summed E-state index contributed by atoms with van der Waals surface area (Å²) in [5.74, 6) is 1.49. The molecule has 1 saturated heterocycles. The molecule has 0 bridgehead atoms. The minimum absolute atomic E-state index is 0.0478. The van der Waals surface area contributed by atoms with Crippen molar-refractivity contribution in [3.8, 4) is 16.9 Å². The quantitative estimate of drug-likeness (QED) is 0.868. The highest BCUT2D eigenvalue weighted by molar-refractivity contribution is 5.80. The molecule has 1 atom stereocenters. The molecule has 0 spiro atoms. The number of nitrogens with zero attached hydrogens (tertiary/aromatic N) is 3. The van der Waals surface area contributed by atoms with Gasteiger partial charge in [0.05, 0.1) is 18.8 Å². The lowest BCUT2D eigenvalue weighted by Crippen LogP contribution is -2.42. The average Bonchev–Trinajstić information content (AvgIpc) is 3.28. The number of piperidine rings is 1. The van der Waals surface area contributed by atoms with Gasteiger partial charge < -0.3 is 15.4 Å². The van der Waals surface area contributed by atoms with Gasteiger partial charge in [-0.15, -0.1) is 0 Å². The van der Waals surface area contributed by atoms with Gasteiger partial charge in [0.25, 0.3) is 0 Å². The molecule has 1 amide bonds. The molecule has 1 saturated carbocycles. The molecule has 6 heteroatoms. The Hall–Kier alpha value is -2.63. The van der Waals surface area contributed by atoms with Crippen molar-refractivity contribution in [2.75, 3.05) is 19.4 Å². The predicted molar refractivity (Wildman–Crippen MR) is 109 cm³/mol. The molecular formula is C22H28N4O2. The van der Waals surface area contributed by atoms with E-state index in [1.165, 1.54) is 0 Å². The third-order valence-electron chi connectivity index (χ3n) is 6.02. The summed E-state index contributed by atoms with van der Waals surface area (Å²) in [6.07, 6.45) is 9.15. The molecule has 0 unspecified atom stereocenters. The van der Waals surface area contributed by atoms with Gasteiger partial charge >= 0.3 is 0 Å². The van der Waals surface area contributed by atoms with Crippen LogP contribution in [0.2, 0.25) is 0 Å². The zero-order valence-corrected chi connectivity index (χ0v) is 16.4. The summed E-state index contributed by atoms with van der Waals surface area (Å²) in [7, 11) is 1.66.